The van der Waals surface area contributed by atoms with Crippen molar-refractivity contribution in [2.45, 2.75) is 10.4 Å². The number of hydrogen-bond acceptors (Lipinski definition) is 5. The number of aldehydes is 1. The standard InChI is InChI=1S/C11H6F3NO3S/c1-18-10(17)9-7(5-16)6(4-15)2-3-8(9)19-11(12,13)14/h2-3,5H,1H3. The largest absolute Gasteiger partial charge is 0.465 e. The molecule has 8 heteroatoms. The Morgan fingerprint density at radius 3 is 2.53 bits per heavy atom. The zero-order valence-electron chi connectivity index (χ0n) is 9.45. The van der Waals surface area contributed by atoms with Crippen LogP contribution in [0, 0.1) is 11.3 Å². The molecule has 1 aromatic rings. The summed E-state index contributed by atoms with van der Waals surface area (Å²) >= 11 is -0.549. The summed E-state index contributed by atoms with van der Waals surface area (Å²) in [5.41, 5.74) is -5.79. The molecule has 0 aromatic heterocycles. The van der Waals surface area contributed by atoms with Gasteiger partial charge in [-0.25, -0.2) is 4.79 Å². The van der Waals surface area contributed by atoms with Gasteiger partial charge in [-0.3, -0.25) is 4.79 Å². The van der Waals surface area contributed by atoms with E-state index in [4.69, 9.17) is 5.26 Å². The molecule has 1 aromatic carbocycles. The van der Waals surface area contributed by atoms with Crippen LogP contribution in [-0.4, -0.2) is 24.9 Å². The van der Waals surface area contributed by atoms with Crippen molar-refractivity contribution in [3.05, 3.63) is 28.8 Å². The van der Waals surface area contributed by atoms with E-state index in [1.54, 1.807) is 6.07 Å². The van der Waals surface area contributed by atoms with Gasteiger partial charge in [-0.05, 0) is 23.9 Å². The number of nitriles is 1. The molecular weight excluding hydrogens is 283 g/mol. The van der Waals surface area contributed by atoms with Gasteiger partial charge in [0.15, 0.2) is 6.29 Å². The summed E-state index contributed by atoms with van der Waals surface area (Å²) in [7, 11) is 0.970. The van der Waals surface area contributed by atoms with Crippen molar-refractivity contribution < 1.29 is 27.5 Å². The van der Waals surface area contributed by atoms with Gasteiger partial charge in [-0.15, -0.1) is 0 Å². The fourth-order valence-electron chi connectivity index (χ4n) is 1.34. The summed E-state index contributed by atoms with van der Waals surface area (Å²) in [6.07, 6.45) is 0.158. The van der Waals surface area contributed by atoms with E-state index in [0.717, 1.165) is 19.2 Å². The van der Waals surface area contributed by atoms with Crippen molar-refractivity contribution in [1.29, 1.82) is 5.26 Å². The molecule has 0 N–H and O–H groups in total. The summed E-state index contributed by atoms with van der Waals surface area (Å²) in [5.74, 6) is -1.11. The Labute approximate surface area is 110 Å². The molecule has 1 rings (SSSR count). The van der Waals surface area contributed by atoms with Crippen molar-refractivity contribution in [1.82, 2.24) is 0 Å². The highest BCUT2D eigenvalue weighted by atomic mass is 32.2. The topological polar surface area (TPSA) is 67.2 Å². The smallest absolute Gasteiger partial charge is 0.446 e. The van der Waals surface area contributed by atoms with E-state index in [1.165, 1.54) is 0 Å². The monoisotopic (exact) mass is 289 g/mol. The second-order valence-corrected chi connectivity index (χ2v) is 4.28. The van der Waals surface area contributed by atoms with Gasteiger partial charge in [0.2, 0.25) is 0 Å². The molecule has 0 amide bonds. The lowest BCUT2D eigenvalue weighted by molar-refractivity contribution is -0.0328. The number of thioether (sulfide) groups is 1. The highest BCUT2D eigenvalue weighted by Gasteiger charge is 2.33. The summed E-state index contributed by atoms with van der Waals surface area (Å²) in [4.78, 5) is 21.9. The van der Waals surface area contributed by atoms with E-state index in [-0.39, 0.29) is 11.8 Å². The van der Waals surface area contributed by atoms with Crippen LogP contribution in [0.1, 0.15) is 26.3 Å². The molecule has 0 saturated heterocycles. The fourth-order valence-corrected chi connectivity index (χ4v) is 2.02. The Kier molecular flexibility index (Phi) is 4.56. The number of alkyl halides is 3. The molecule has 4 nitrogen and oxygen atoms in total. The number of nitrogens with zero attached hydrogens (tertiary/aromatic N) is 1. The first-order chi connectivity index (χ1) is 8.84. The van der Waals surface area contributed by atoms with Crippen molar-refractivity contribution in [3.63, 3.8) is 0 Å². The van der Waals surface area contributed by atoms with Crippen LogP contribution in [0.2, 0.25) is 0 Å². The van der Waals surface area contributed by atoms with Crippen LogP contribution in [-0.2, 0) is 4.74 Å². The lowest BCUT2D eigenvalue weighted by Gasteiger charge is -2.12. The predicted octanol–water partition coefficient (Wildman–Crippen LogP) is 2.77. The third kappa shape index (κ3) is 3.48. The summed E-state index contributed by atoms with van der Waals surface area (Å²) in [6, 6.07) is 3.63. The van der Waals surface area contributed by atoms with Crippen molar-refractivity contribution in [3.8, 4) is 6.07 Å². The van der Waals surface area contributed by atoms with Crippen LogP contribution in [0.25, 0.3) is 0 Å². The second kappa shape index (κ2) is 5.75. The van der Waals surface area contributed by atoms with Gasteiger partial charge >= 0.3 is 11.5 Å². The zero-order chi connectivity index (χ0) is 14.6. The van der Waals surface area contributed by atoms with Crippen LogP contribution in [0.15, 0.2) is 17.0 Å². The predicted molar refractivity (Wildman–Crippen MR) is 59.8 cm³/mol. The van der Waals surface area contributed by atoms with E-state index in [9.17, 15) is 22.8 Å². The summed E-state index contributed by atoms with van der Waals surface area (Å²) in [6.45, 7) is 0. The summed E-state index contributed by atoms with van der Waals surface area (Å²) < 4.78 is 41.4. The number of carbonyl (C=O) groups excluding carboxylic acids is 2. The van der Waals surface area contributed by atoms with E-state index in [0.29, 0.717) is 0 Å². The lowest BCUT2D eigenvalue weighted by atomic mass is 10.0. The third-order valence-electron chi connectivity index (χ3n) is 2.06. The quantitative estimate of drug-likeness (QED) is 0.486. The molecule has 0 unspecified atom stereocenters. The average Bonchev–Trinajstić information content (AvgIpc) is 2.35. The van der Waals surface area contributed by atoms with Gasteiger partial charge in [0.05, 0.1) is 24.3 Å². The Bertz CT molecular complexity index is 564. The molecule has 0 aliphatic heterocycles. The lowest BCUT2D eigenvalue weighted by Crippen LogP contribution is -2.11. The van der Waals surface area contributed by atoms with E-state index < -0.39 is 39.3 Å². The van der Waals surface area contributed by atoms with Crippen LogP contribution < -0.4 is 0 Å². The second-order valence-electron chi connectivity index (χ2n) is 3.17. The van der Waals surface area contributed by atoms with Crippen molar-refractivity contribution in [2.75, 3.05) is 7.11 Å². The van der Waals surface area contributed by atoms with Crippen molar-refractivity contribution in [2.24, 2.45) is 0 Å². The van der Waals surface area contributed by atoms with Gasteiger partial charge < -0.3 is 4.74 Å². The normalized spacial score (nSPS) is 10.7. The first-order valence-electron chi connectivity index (χ1n) is 4.70. The first-order valence-corrected chi connectivity index (χ1v) is 5.52. The molecule has 0 fully saturated rings. The van der Waals surface area contributed by atoms with E-state index in [1.807, 2.05) is 0 Å². The number of methoxy groups -OCH3 is 1. The van der Waals surface area contributed by atoms with Crippen LogP contribution in [0.3, 0.4) is 0 Å². The Morgan fingerprint density at radius 2 is 2.11 bits per heavy atom. The maximum atomic E-state index is 12.4. The number of halogens is 3. The molecule has 19 heavy (non-hydrogen) atoms. The Morgan fingerprint density at radius 1 is 1.47 bits per heavy atom. The highest BCUT2D eigenvalue weighted by Crippen LogP contribution is 2.39. The maximum absolute atomic E-state index is 12.4. The number of benzene rings is 1. The molecule has 0 saturated carbocycles. The third-order valence-corrected chi connectivity index (χ3v) is 2.85. The first kappa shape index (κ1) is 15.0. The number of esters is 1. The highest BCUT2D eigenvalue weighted by molar-refractivity contribution is 8.00. The number of carbonyl (C=O) groups is 2. The van der Waals surface area contributed by atoms with Crippen molar-refractivity contribution >= 4 is 24.0 Å². The minimum absolute atomic E-state index is 0.158. The molecule has 0 aliphatic rings. The number of rotatable bonds is 3. The molecule has 0 radical (unpaired) electrons. The molecule has 0 atom stereocenters. The SMILES string of the molecule is COC(=O)c1c(SC(F)(F)F)ccc(C#N)c1C=O. The van der Waals surface area contributed by atoms with Gasteiger partial charge in [-0.1, -0.05) is 0 Å². The zero-order valence-corrected chi connectivity index (χ0v) is 10.3. The minimum atomic E-state index is -4.63. The Hall–Kier alpha value is -2.01. The van der Waals surface area contributed by atoms with E-state index in [2.05, 4.69) is 4.74 Å². The fraction of sp³-hybridized carbons (Fsp3) is 0.182. The maximum Gasteiger partial charge on any atom is 0.446 e. The van der Waals surface area contributed by atoms with E-state index >= 15 is 0 Å². The minimum Gasteiger partial charge on any atom is -0.465 e. The molecule has 0 spiro atoms. The summed E-state index contributed by atoms with van der Waals surface area (Å²) in [5, 5.41) is 8.76. The number of hydrogen-bond donors (Lipinski definition) is 0. The van der Waals surface area contributed by atoms with Gasteiger partial charge in [0, 0.05) is 10.5 Å². The average molecular weight is 289 g/mol. The molecular formula is C11H6F3NO3S. The van der Waals surface area contributed by atoms with Crippen LogP contribution >= 0.6 is 11.8 Å². The molecule has 0 aliphatic carbocycles. The van der Waals surface area contributed by atoms with Crippen LogP contribution in [0.4, 0.5) is 13.2 Å². The Balaban J connectivity index is 3.52. The molecule has 100 valence electrons. The number of ether oxygens (including phenoxy) is 1. The molecule has 0 bridgehead atoms. The molecule has 0 heterocycles. The van der Waals surface area contributed by atoms with Crippen LogP contribution in [0.5, 0.6) is 0 Å². The van der Waals surface area contributed by atoms with Gasteiger partial charge in [-0.2, -0.15) is 18.4 Å². The van der Waals surface area contributed by atoms with Gasteiger partial charge in [0.1, 0.15) is 0 Å². The van der Waals surface area contributed by atoms with Gasteiger partial charge in [0.25, 0.3) is 0 Å².